The van der Waals surface area contributed by atoms with E-state index in [1.807, 2.05) is 91.0 Å². The van der Waals surface area contributed by atoms with E-state index in [1.165, 1.54) is 6.26 Å². The van der Waals surface area contributed by atoms with E-state index in [2.05, 4.69) is 21.8 Å². The Morgan fingerprint density at radius 1 is 0.733 bits per heavy atom. The summed E-state index contributed by atoms with van der Waals surface area (Å²) in [6, 6.07) is 33.8. The minimum absolute atomic E-state index is 0.412. The van der Waals surface area contributed by atoms with E-state index < -0.39 is 16.1 Å². The zero-order valence-electron chi connectivity index (χ0n) is 16.8. The molecule has 0 amide bonds. The highest BCUT2D eigenvalue weighted by Gasteiger charge is 2.21. The van der Waals surface area contributed by atoms with Gasteiger partial charge in [0.25, 0.3) is 0 Å². The monoisotopic (exact) mass is 416 g/mol. The van der Waals surface area contributed by atoms with E-state index in [-0.39, 0.29) is 0 Å². The normalized spacial score (nSPS) is 12.6. The summed E-state index contributed by atoms with van der Waals surface area (Å²) in [4.78, 5) is 2.14. The van der Waals surface area contributed by atoms with Gasteiger partial charge in [0, 0.05) is 17.9 Å². The summed E-state index contributed by atoms with van der Waals surface area (Å²) in [5.41, 5.74) is 2.94. The molecule has 1 N–H and O–H groups in total. The van der Waals surface area contributed by atoms with Gasteiger partial charge >= 0.3 is 0 Å². The molecule has 4 aromatic rings. The molecule has 0 saturated heterocycles. The molecular weight excluding hydrogens is 392 g/mol. The number of nitrogens with zero attached hydrogens (tertiary/aromatic N) is 1. The molecule has 0 unspecified atom stereocenters. The molecule has 5 heteroatoms. The molecule has 0 radical (unpaired) electrons. The van der Waals surface area contributed by atoms with Crippen LogP contribution in [0, 0.1) is 0 Å². The third kappa shape index (κ3) is 4.87. The fourth-order valence-corrected chi connectivity index (χ4v) is 4.38. The minimum atomic E-state index is -3.41. The topological polar surface area (TPSA) is 49.4 Å². The maximum atomic E-state index is 12.2. The summed E-state index contributed by atoms with van der Waals surface area (Å²) < 4.78 is 27.2. The highest BCUT2D eigenvalue weighted by Crippen LogP contribution is 2.29. The van der Waals surface area contributed by atoms with Crippen LogP contribution in [0.3, 0.4) is 0 Å². The van der Waals surface area contributed by atoms with Gasteiger partial charge in [0.1, 0.15) is 0 Å². The number of hydrogen-bond acceptors (Lipinski definition) is 3. The average molecular weight is 417 g/mol. The highest BCUT2D eigenvalue weighted by atomic mass is 32.2. The van der Waals surface area contributed by atoms with E-state index in [1.54, 1.807) is 0 Å². The van der Waals surface area contributed by atoms with E-state index in [9.17, 15) is 8.42 Å². The fraction of sp³-hybridized carbons (Fsp3) is 0.120. The number of sulfonamides is 1. The number of hydrogen-bond donors (Lipinski definition) is 1. The number of para-hydroxylation sites is 2. The maximum Gasteiger partial charge on any atom is 0.209 e. The Labute approximate surface area is 177 Å². The van der Waals surface area contributed by atoms with Crippen molar-refractivity contribution < 1.29 is 8.42 Å². The van der Waals surface area contributed by atoms with Gasteiger partial charge in [0.2, 0.25) is 10.0 Å². The first-order valence-corrected chi connectivity index (χ1v) is 11.7. The van der Waals surface area contributed by atoms with Crippen LogP contribution in [0.5, 0.6) is 0 Å². The lowest BCUT2D eigenvalue weighted by Gasteiger charge is -2.30. The molecule has 0 saturated carbocycles. The summed E-state index contributed by atoms with van der Waals surface area (Å²) in [5, 5.41) is 2.21. The van der Waals surface area contributed by atoms with Crippen LogP contribution in [-0.2, 0) is 10.0 Å². The molecule has 0 aromatic heterocycles. The zero-order chi connectivity index (χ0) is 21.0. The molecule has 0 aliphatic rings. The van der Waals surface area contributed by atoms with Crippen LogP contribution < -0.4 is 9.62 Å². The van der Waals surface area contributed by atoms with Crippen molar-refractivity contribution in [2.75, 3.05) is 17.7 Å². The van der Waals surface area contributed by atoms with Crippen molar-refractivity contribution in [1.29, 1.82) is 0 Å². The lowest BCUT2D eigenvalue weighted by Crippen LogP contribution is -2.35. The summed E-state index contributed by atoms with van der Waals surface area (Å²) in [7, 11) is -3.41. The van der Waals surface area contributed by atoms with Crippen molar-refractivity contribution in [2.45, 2.75) is 6.04 Å². The summed E-state index contributed by atoms with van der Waals surface area (Å²) >= 11 is 0. The standard InChI is InChI=1S/C25H24N2O2S/c1-30(28,29)26-25(22-17-16-20-10-8-9-11-21(20)18-22)19-27(23-12-4-2-5-13-23)24-14-6-3-7-15-24/h2-18,25-26H,19H2,1H3/t25-/m0/s1. The van der Waals surface area contributed by atoms with E-state index in [4.69, 9.17) is 0 Å². The molecular formula is C25H24N2O2S. The molecule has 0 fully saturated rings. The van der Waals surface area contributed by atoms with Crippen molar-refractivity contribution >= 4 is 32.2 Å². The van der Waals surface area contributed by atoms with E-state index >= 15 is 0 Å². The quantitative estimate of drug-likeness (QED) is 0.447. The average Bonchev–Trinajstić information content (AvgIpc) is 2.76. The predicted octanol–water partition coefficient (Wildman–Crippen LogP) is 5.27. The summed E-state index contributed by atoms with van der Waals surface area (Å²) in [6.07, 6.45) is 1.20. The number of fused-ring (bicyclic) bond motifs is 1. The highest BCUT2D eigenvalue weighted by molar-refractivity contribution is 7.88. The molecule has 0 bridgehead atoms. The number of rotatable bonds is 7. The SMILES string of the molecule is CS(=O)(=O)N[C@@H](CN(c1ccccc1)c1ccccc1)c1ccc2ccccc2c1. The molecule has 4 nitrogen and oxygen atoms in total. The van der Waals surface area contributed by atoms with E-state index in [0.29, 0.717) is 6.54 Å². The zero-order valence-corrected chi connectivity index (χ0v) is 17.6. The maximum absolute atomic E-state index is 12.2. The van der Waals surface area contributed by atoms with Crippen LogP contribution >= 0.6 is 0 Å². The first-order valence-electron chi connectivity index (χ1n) is 9.83. The number of anilines is 2. The van der Waals surface area contributed by atoms with Gasteiger partial charge in [-0.05, 0) is 46.7 Å². The van der Waals surface area contributed by atoms with Crippen molar-refractivity contribution in [2.24, 2.45) is 0 Å². The molecule has 1 atom stereocenters. The van der Waals surface area contributed by atoms with Gasteiger partial charge in [-0.3, -0.25) is 0 Å². The Morgan fingerprint density at radius 3 is 1.83 bits per heavy atom. The van der Waals surface area contributed by atoms with Crippen LogP contribution in [0.2, 0.25) is 0 Å². The molecule has 4 aromatic carbocycles. The first-order chi connectivity index (χ1) is 14.5. The van der Waals surface area contributed by atoms with E-state index in [0.717, 1.165) is 27.7 Å². The summed E-state index contributed by atoms with van der Waals surface area (Å²) in [5.74, 6) is 0. The van der Waals surface area contributed by atoms with Crippen molar-refractivity contribution in [1.82, 2.24) is 4.72 Å². The van der Waals surface area contributed by atoms with Crippen molar-refractivity contribution in [3.05, 3.63) is 109 Å². The molecule has 30 heavy (non-hydrogen) atoms. The van der Waals surface area contributed by atoms with Gasteiger partial charge in [0.15, 0.2) is 0 Å². The van der Waals surface area contributed by atoms with Crippen LogP contribution in [0.4, 0.5) is 11.4 Å². The minimum Gasteiger partial charge on any atom is -0.340 e. The predicted molar refractivity (Wildman–Crippen MR) is 125 cm³/mol. The van der Waals surface area contributed by atoms with Crippen molar-refractivity contribution in [3.63, 3.8) is 0 Å². The van der Waals surface area contributed by atoms with Gasteiger partial charge in [-0.2, -0.15) is 0 Å². The van der Waals surface area contributed by atoms with Gasteiger partial charge < -0.3 is 4.90 Å². The Balaban J connectivity index is 1.77. The first kappa shape index (κ1) is 20.1. The molecule has 0 spiro atoms. The molecule has 0 aliphatic carbocycles. The smallest absolute Gasteiger partial charge is 0.209 e. The second-order valence-electron chi connectivity index (χ2n) is 7.33. The van der Waals surface area contributed by atoms with Crippen LogP contribution in [0.1, 0.15) is 11.6 Å². The lowest BCUT2D eigenvalue weighted by atomic mass is 10.0. The van der Waals surface area contributed by atoms with Gasteiger partial charge in [-0.1, -0.05) is 72.8 Å². The number of nitrogens with one attached hydrogen (secondary N) is 1. The molecule has 0 aliphatic heterocycles. The Bertz CT molecular complexity index is 1190. The lowest BCUT2D eigenvalue weighted by molar-refractivity contribution is 0.563. The van der Waals surface area contributed by atoms with Gasteiger partial charge in [-0.25, -0.2) is 13.1 Å². The molecule has 152 valence electrons. The molecule has 4 rings (SSSR count). The Hall–Kier alpha value is -3.15. The molecule has 0 heterocycles. The fourth-order valence-electron chi connectivity index (χ4n) is 3.65. The summed E-state index contributed by atoms with van der Waals surface area (Å²) in [6.45, 7) is 0.458. The van der Waals surface area contributed by atoms with Crippen molar-refractivity contribution in [3.8, 4) is 0 Å². The second kappa shape index (κ2) is 8.69. The Kier molecular flexibility index (Phi) is 5.84. The van der Waals surface area contributed by atoms with Gasteiger partial charge in [0.05, 0.1) is 12.3 Å². The second-order valence-corrected chi connectivity index (χ2v) is 9.11. The Morgan fingerprint density at radius 2 is 1.27 bits per heavy atom. The number of benzene rings is 4. The van der Waals surface area contributed by atoms with Crippen LogP contribution in [0.25, 0.3) is 10.8 Å². The van der Waals surface area contributed by atoms with Crippen LogP contribution in [-0.4, -0.2) is 21.2 Å². The van der Waals surface area contributed by atoms with Gasteiger partial charge in [-0.15, -0.1) is 0 Å². The van der Waals surface area contributed by atoms with Crippen LogP contribution in [0.15, 0.2) is 103 Å². The third-order valence-corrected chi connectivity index (χ3v) is 5.75. The third-order valence-electron chi connectivity index (χ3n) is 5.03. The largest absolute Gasteiger partial charge is 0.340 e.